The predicted octanol–water partition coefficient (Wildman–Crippen LogP) is 13.1. The van der Waals surface area contributed by atoms with Crippen molar-refractivity contribution in [3.05, 3.63) is 117 Å². The minimum absolute atomic E-state index is 0.100. The van der Waals surface area contributed by atoms with Crippen LogP contribution in [-0.4, -0.2) is 112 Å². The molecule has 0 saturated carbocycles. The molecule has 0 atom stereocenters. The molecule has 0 saturated heterocycles. The molecule has 6 rings (SSSR count). The van der Waals surface area contributed by atoms with Gasteiger partial charge in [0.2, 0.25) is 0 Å². The number of hydrogen-bond donors (Lipinski definition) is 0. The fourth-order valence-corrected chi connectivity index (χ4v) is 10.2. The fourth-order valence-electron chi connectivity index (χ4n) is 9.29. The summed E-state index contributed by atoms with van der Waals surface area (Å²) >= 11 is 12.3. The molecular weight excluding hydrogens is 1050 g/mol. The van der Waals surface area contributed by atoms with Gasteiger partial charge >= 0.3 is 16.9 Å². The molecule has 15 heteroatoms. The Kier molecular flexibility index (Phi) is 23.7. The third kappa shape index (κ3) is 15.4. The number of hydrogen-bond acceptors (Lipinski definition) is 9. The average molecular weight is 1130 g/mol. The number of halogens is 3. The lowest BCUT2D eigenvalue weighted by Gasteiger charge is -2.35. The Morgan fingerprint density at radius 2 is 0.915 bits per heavy atom. The SMILES string of the molecule is CC[N+](CC)(CC)CCCOc1c(Br)c(=O)oc2ccccc12.CC[N+](CC)(CC)CCCOc1ccc2cc(Br)c(=O)oc2c1C.CC[N+](CC)(CC)CCCOc1ccc2cc(Cl)c(=O)oc2c1C. The third-order valence-electron chi connectivity index (χ3n) is 15.0. The summed E-state index contributed by atoms with van der Waals surface area (Å²) in [6, 6.07) is 18.5. The highest BCUT2D eigenvalue weighted by Crippen LogP contribution is 2.32. The molecule has 3 heterocycles. The van der Waals surface area contributed by atoms with Crippen molar-refractivity contribution in [3.63, 3.8) is 0 Å². The number of ether oxygens (including phenoxy) is 3. The van der Waals surface area contributed by atoms with Crippen LogP contribution in [-0.2, 0) is 0 Å². The molecular formula is C56H79Br2ClN3O9+3. The van der Waals surface area contributed by atoms with E-state index >= 15 is 0 Å². The lowest BCUT2D eigenvalue weighted by atomic mass is 10.1. The molecule has 0 aliphatic carbocycles. The maximum atomic E-state index is 11.9. The second kappa shape index (κ2) is 28.3. The largest absolute Gasteiger partial charge is 0.493 e. The highest BCUT2D eigenvalue weighted by atomic mass is 79.9. The van der Waals surface area contributed by atoms with Crippen LogP contribution >= 0.6 is 43.5 Å². The van der Waals surface area contributed by atoms with Crippen LogP contribution in [0.25, 0.3) is 32.9 Å². The molecule has 6 aromatic rings. The Labute approximate surface area is 442 Å². The summed E-state index contributed by atoms with van der Waals surface area (Å²) in [6.07, 6.45) is 2.96. The van der Waals surface area contributed by atoms with Gasteiger partial charge in [-0.2, -0.15) is 0 Å². The number of benzene rings is 3. The van der Waals surface area contributed by atoms with E-state index in [4.69, 9.17) is 39.1 Å². The quantitative estimate of drug-likeness (QED) is 0.0332. The monoisotopic (exact) mass is 1130 g/mol. The molecule has 3 aromatic carbocycles. The van der Waals surface area contributed by atoms with E-state index in [1.807, 2.05) is 56.3 Å². The molecule has 0 aliphatic rings. The van der Waals surface area contributed by atoms with Crippen LogP contribution < -0.4 is 31.1 Å². The summed E-state index contributed by atoms with van der Waals surface area (Å²) in [5, 5.41) is 2.62. The molecule has 12 nitrogen and oxygen atoms in total. The average Bonchev–Trinajstić information content (AvgIpc) is 3.38. The van der Waals surface area contributed by atoms with Crippen LogP contribution in [0.2, 0.25) is 5.02 Å². The van der Waals surface area contributed by atoms with E-state index in [1.165, 1.54) is 0 Å². The molecule has 0 fully saturated rings. The Balaban J connectivity index is 0.000000231. The number of para-hydroxylation sites is 1. The Morgan fingerprint density at radius 3 is 1.37 bits per heavy atom. The van der Waals surface area contributed by atoms with Crippen LogP contribution in [0.15, 0.2) is 97.2 Å². The zero-order valence-electron chi connectivity index (χ0n) is 44.2. The van der Waals surface area contributed by atoms with Crippen LogP contribution in [0.4, 0.5) is 0 Å². The van der Waals surface area contributed by atoms with Gasteiger partial charge in [0.05, 0.1) is 104 Å². The molecule has 71 heavy (non-hydrogen) atoms. The van der Waals surface area contributed by atoms with Crippen molar-refractivity contribution < 1.29 is 40.9 Å². The summed E-state index contributed by atoms with van der Waals surface area (Å²) in [5.74, 6) is 2.13. The van der Waals surface area contributed by atoms with Crippen LogP contribution in [0.1, 0.15) is 92.7 Å². The number of quaternary nitrogens is 3. The summed E-state index contributed by atoms with van der Waals surface area (Å²) in [6.45, 7) is 39.6. The minimum atomic E-state index is -0.514. The van der Waals surface area contributed by atoms with E-state index in [1.54, 1.807) is 18.2 Å². The lowest BCUT2D eigenvalue weighted by Crippen LogP contribution is -2.48. The molecule has 390 valence electrons. The van der Waals surface area contributed by atoms with Gasteiger partial charge in [0.15, 0.2) is 5.75 Å². The molecule has 0 N–H and O–H groups in total. The van der Waals surface area contributed by atoms with E-state index in [0.29, 0.717) is 51.3 Å². The summed E-state index contributed by atoms with van der Waals surface area (Å²) in [5.41, 5.74) is 2.13. The second-order valence-corrected chi connectivity index (χ2v) is 20.2. The zero-order valence-corrected chi connectivity index (χ0v) is 48.1. The first-order valence-corrected chi connectivity index (χ1v) is 27.6. The van der Waals surface area contributed by atoms with Gasteiger partial charge in [-0.3, -0.25) is 0 Å². The Hall–Kier alpha value is -4.18. The van der Waals surface area contributed by atoms with Gasteiger partial charge in [-0.05, 0) is 157 Å². The second-order valence-electron chi connectivity index (χ2n) is 18.2. The fraction of sp³-hybridized carbons (Fsp3) is 0.518. The number of aryl methyl sites for hydroxylation is 2. The normalized spacial score (nSPS) is 11.9. The van der Waals surface area contributed by atoms with Crippen LogP contribution in [0.3, 0.4) is 0 Å². The maximum Gasteiger partial charge on any atom is 0.355 e. The minimum Gasteiger partial charge on any atom is -0.493 e. The van der Waals surface area contributed by atoms with E-state index < -0.39 is 11.3 Å². The van der Waals surface area contributed by atoms with Gasteiger partial charge in [-0.25, -0.2) is 14.4 Å². The first-order valence-electron chi connectivity index (χ1n) is 25.6. The van der Waals surface area contributed by atoms with Crippen molar-refractivity contribution in [2.45, 2.75) is 95.4 Å². The predicted molar refractivity (Wildman–Crippen MR) is 298 cm³/mol. The Bertz CT molecular complexity index is 2660. The first-order chi connectivity index (χ1) is 34.0. The highest BCUT2D eigenvalue weighted by molar-refractivity contribution is 9.10. The first kappa shape index (κ1) is 59.4. The van der Waals surface area contributed by atoms with Gasteiger partial charge in [0.25, 0.3) is 0 Å². The molecule has 0 spiro atoms. The third-order valence-corrected chi connectivity index (χ3v) is 16.5. The van der Waals surface area contributed by atoms with Gasteiger partial charge in [0.1, 0.15) is 42.2 Å². The number of fused-ring (bicyclic) bond motifs is 3. The van der Waals surface area contributed by atoms with Gasteiger partial charge in [0, 0.05) is 41.2 Å². The molecule has 0 bridgehead atoms. The topological polar surface area (TPSA) is 118 Å². The molecule has 0 radical (unpaired) electrons. The van der Waals surface area contributed by atoms with Crippen molar-refractivity contribution >= 4 is 76.4 Å². The molecule has 0 unspecified atom stereocenters. The van der Waals surface area contributed by atoms with Crippen LogP contribution in [0.5, 0.6) is 17.2 Å². The smallest absolute Gasteiger partial charge is 0.355 e. The summed E-state index contributed by atoms with van der Waals surface area (Å²) in [4.78, 5) is 35.2. The molecule has 0 amide bonds. The highest BCUT2D eigenvalue weighted by Gasteiger charge is 2.23. The molecule has 0 aliphatic heterocycles. The van der Waals surface area contributed by atoms with Crippen molar-refractivity contribution in [1.29, 1.82) is 0 Å². The van der Waals surface area contributed by atoms with E-state index in [2.05, 4.69) is 94.2 Å². The van der Waals surface area contributed by atoms with Crippen molar-refractivity contribution in [3.8, 4) is 17.2 Å². The van der Waals surface area contributed by atoms with Crippen LogP contribution in [0, 0.1) is 13.8 Å². The number of rotatable bonds is 24. The van der Waals surface area contributed by atoms with E-state index in [0.717, 1.165) is 150 Å². The van der Waals surface area contributed by atoms with Gasteiger partial charge in [-0.15, -0.1) is 0 Å². The van der Waals surface area contributed by atoms with Gasteiger partial charge in [-0.1, -0.05) is 23.7 Å². The van der Waals surface area contributed by atoms with E-state index in [-0.39, 0.29) is 10.6 Å². The number of nitrogens with zero attached hydrogens (tertiary/aromatic N) is 3. The molecule has 3 aromatic heterocycles. The zero-order chi connectivity index (χ0) is 52.4. The lowest BCUT2D eigenvalue weighted by molar-refractivity contribution is -0.923. The van der Waals surface area contributed by atoms with Crippen molar-refractivity contribution in [2.75, 3.05) is 98.4 Å². The van der Waals surface area contributed by atoms with Gasteiger partial charge < -0.3 is 40.9 Å². The Morgan fingerprint density at radius 1 is 0.507 bits per heavy atom. The standard InChI is InChI=1S/C19H27BrNO3.C19H27ClNO3.C18H25BrNO3/c2*1-5-21(6-2,7-3)11-8-12-23-17-10-9-15-13-16(20)19(22)24-18(15)14(17)4;1-4-20(5-2,6-3)12-9-13-22-17-14-10-7-8-11-15(14)23-18(21)16(17)19/h2*9-10,13H,5-8,11-12H2,1-4H3;7-8,10-11H,4-6,9,12-13H2,1-3H3/q3*+1. The van der Waals surface area contributed by atoms with Crippen molar-refractivity contribution in [1.82, 2.24) is 0 Å². The van der Waals surface area contributed by atoms with Crippen molar-refractivity contribution in [2.24, 2.45) is 0 Å². The maximum absolute atomic E-state index is 11.9. The summed E-state index contributed by atoms with van der Waals surface area (Å²) < 4.78 is 37.9. The summed E-state index contributed by atoms with van der Waals surface area (Å²) in [7, 11) is 0. The van der Waals surface area contributed by atoms with E-state index in [9.17, 15) is 14.4 Å².